The molecule has 1 aromatic rings. The summed E-state index contributed by atoms with van der Waals surface area (Å²) in [6.45, 7) is 10.2. The van der Waals surface area contributed by atoms with Crippen molar-refractivity contribution in [1.82, 2.24) is 14.7 Å². The van der Waals surface area contributed by atoms with Gasteiger partial charge in [0, 0.05) is 12.6 Å². The summed E-state index contributed by atoms with van der Waals surface area (Å²) in [6.07, 6.45) is 3.91. The van der Waals surface area contributed by atoms with Crippen molar-refractivity contribution in [3.8, 4) is 0 Å². The Morgan fingerprint density at radius 1 is 1.33 bits per heavy atom. The Morgan fingerprint density at radius 3 is 2.57 bits per heavy atom. The summed E-state index contributed by atoms with van der Waals surface area (Å²) >= 11 is 3.37. The van der Waals surface area contributed by atoms with E-state index in [4.69, 9.17) is 0 Å². The minimum Gasteiger partial charge on any atom is -0.383 e. The predicted molar refractivity (Wildman–Crippen MR) is 92.1 cm³/mol. The van der Waals surface area contributed by atoms with Crippen LogP contribution in [0.1, 0.15) is 46.6 Å². The summed E-state index contributed by atoms with van der Waals surface area (Å²) in [7, 11) is 2.14. The molecule has 0 unspecified atom stereocenters. The van der Waals surface area contributed by atoms with Gasteiger partial charge in [0.15, 0.2) is 0 Å². The van der Waals surface area contributed by atoms with Gasteiger partial charge in [-0.2, -0.15) is 5.10 Å². The second kappa shape index (κ2) is 8.54. The van der Waals surface area contributed by atoms with Crippen LogP contribution in [-0.2, 0) is 0 Å². The zero-order valence-electron chi connectivity index (χ0n) is 13.7. The lowest BCUT2D eigenvalue weighted by Crippen LogP contribution is -2.27. The minimum atomic E-state index is -0.0884. The van der Waals surface area contributed by atoms with Crippen molar-refractivity contribution in [2.75, 3.05) is 25.5 Å². The molecule has 21 heavy (non-hydrogen) atoms. The highest BCUT2D eigenvalue weighted by Gasteiger charge is 2.10. The van der Waals surface area contributed by atoms with E-state index in [0.717, 1.165) is 31.6 Å². The van der Waals surface area contributed by atoms with Crippen molar-refractivity contribution in [2.24, 2.45) is 0 Å². The maximum atomic E-state index is 12.1. The molecule has 0 aliphatic rings. The number of rotatable bonds is 8. The van der Waals surface area contributed by atoms with Gasteiger partial charge in [0.25, 0.3) is 5.56 Å². The van der Waals surface area contributed by atoms with Crippen LogP contribution in [0.3, 0.4) is 0 Å². The molecule has 0 aliphatic heterocycles. The Bertz CT molecular complexity index is 499. The summed E-state index contributed by atoms with van der Waals surface area (Å²) in [5, 5.41) is 7.47. The van der Waals surface area contributed by atoms with Gasteiger partial charge in [-0.05, 0) is 70.1 Å². The zero-order chi connectivity index (χ0) is 16.0. The molecule has 0 saturated heterocycles. The molecule has 0 aliphatic carbocycles. The third kappa shape index (κ3) is 5.43. The molecule has 0 atom stereocenters. The van der Waals surface area contributed by atoms with Crippen LogP contribution in [0.2, 0.25) is 0 Å². The summed E-state index contributed by atoms with van der Waals surface area (Å²) in [4.78, 5) is 14.4. The first-order chi connectivity index (χ1) is 9.84. The largest absolute Gasteiger partial charge is 0.383 e. The molecule has 0 bridgehead atoms. The molecular formula is C15H27BrN4O. The van der Waals surface area contributed by atoms with E-state index >= 15 is 0 Å². The van der Waals surface area contributed by atoms with E-state index in [-0.39, 0.29) is 11.6 Å². The summed E-state index contributed by atoms with van der Waals surface area (Å²) in [6, 6.07) is 0.648. The van der Waals surface area contributed by atoms with E-state index in [9.17, 15) is 4.79 Å². The fourth-order valence-electron chi connectivity index (χ4n) is 1.90. The van der Waals surface area contributed by atoms with Gasteiger partial charge in [0.2, 0.25) is 0 Å². The van der Waals surface area contributed by atoms with Gasteiger partial charge in [0.1, 0.15) is 4.47 Å². The number of anilines is 1. The SMILES string of the molecule is CC(C)N(C)CCCCNc1cnn(C(C)C)c(=O)c1Br. The number of nitrogens with zero attached hydrogens (tertiary/aromatic N) is 3. The lowest BCUT2D eigenvalue weighted by molar-refractivity contribution is 0.269. The number of hydrogen-bond donors (Lipinski definition) is 1. The van der Waals surface area contributed by atoms with Crippen molar-refractivity contribution < 1.29 is 0 Å². The van der Waals surface area contributed by atoms with Gasteiger partial charge in [-0.15, -0.1) is 0 Å². The third-order valence-corrected chi connectivity index (χ3v) is 4.33. The van der Waals surface area contributed by atoms with Crippen LogP contribution >= 0.6 is 15.9 Å². The van der Waals surface area contributed by atoms with Gasteiger partial charge in [-0.3, -0.25) is 4.79 Å². The minimum absolute atomic E-state index is 0.0643. The second-order valence-electron chi connectivity index (χ2n) is 5.92. The first-order valence-electron chi connectivity index (χ1n) is 7.56. The number of nitrogens with one attached hydrogen (secondary N) is 1. The Hall–Kier alpha value is -0.880. The average molecular weight is 359 g/mol. The third-order valence-electron chi connectivity index (χ3n) is 3.57. The number of halogens is 1. The molecule has 0 fully saturated rings. The fraction of sp³-hybridized carbons (Fsp3) is 0.733. The predicted octanol–water partition coefficient (Wildman–Crippen LogP) is 3.12. The summed E-state index contributed by atoms with van der Waals surface area (Å²) in [5.41, 5.74) is 0.684. The molecular weight excluding hydrogens is 332 g/mol. The van der Waals surface area contributed by atoms with E-state index in [0.29, 0.717) is 10.5 Å². The first-order valence-corrected chi connectivity index (χ1v) is 8.35. The van der Waals surface area contributed by atoms with E-state index in [2.05, 4.69) is 52.1 Å². The first kappa shape index (κ1) is 18.2. The highest BCUT2D eigenvalue weighted by Crippen LogP contribution is 2.17. The molecule has 0 saturated carbocycles. The van der Waals surface area contributed by atoms with E-state index < -0.39 is 0 Å². The normalized spacial score (nSPS) is 11.7. The topological polar surface area (TPSA) is 50.2 Å². The Labute approximate surface area is 135 Å². The van der Waals surface area contributed by atoms with Crippen molar-refractivity contribution >= 4 is 21.6 Å². The van der Waals surface area contributed by atoms with E-state index in [1.165, 1.54) is 4.68 Å². The standard InChI is InChI=1S/C15H27BrN4O/c1-11(2)19(5)9-7-6-8-17-13-10-18-20(12(3)4)15(21)14(13)16/h10-12,17H,6-9H2,1-5H3. The molecule has 0 radical (unpaired) electrons. The van der Waals surface area contributed by atoms with Gasteiger partial charge < -0.3 is 10.2 Å². The number of aromatic nitrogens is 2. The Kier molecular flexibility index (Phi) is 7.39. The molecule has 6 heteroatoms. The van der Waals surface area contributed by atoms with Crippen molar-refractivity contribution in [3.63, 3.8) is 0 Å². The summed E-state index contributed by atoms with van der Waals surface area (Å²) in [5.74, 6) is 0. The Balaban J connectivity index is 2.47. The molecule has 1 rings (SSSR count). The average Bonchev–Trinajstić information content (AvgIpc) is 2.42. The zero-order valence-corrected chi connectivity index (χ0v) is 15.3. The lowest BCUT2D eigenvalue weighted by Gasteiger charge is -2.20. The maximum absolute atomic E-state index is 12.1. The van der Waals surface area contributed by atoms with Crippen LogP contribution in [-0.4, -0.2) is 40.9 Å². The molecule has 1 aromatic heterocycles. The van der Waals surface area contributed by atoms with E-state index in [1.54, 1.807) is 6.20 Å². The quantitative estimate of drug-likeness (QED) is 0.725. The highest BCUT2D eigenvalue weighted by molar-refractivity contribution is 9.10. The van der Waals surface area contributed by atoms with Crippen LogP contribution in [0.15, 0.2) is 15.5 Å². The van der Waals surface area contributed by atoms with Crippen molar-refractivity contribution in [2.45, 2.75) is 52.6 Å². The molecule has 5 nitrogen and oxygen atoms in total. The van der Waals surface area contributed by atoms with E-state index in [1.807, 2.05) is 13.8 Å². The molecule has 0 spiro atoms. The van der Waals surface area contributed by atoms with Crippen molar-refractivity contribution in [3.05, 3.63) is 21.0 Å². The second-order valence-corrected chi connectivity index (χ2v) is 6.72. The molecule has 0 amide bonds. The molecule has 120 valence electrons. The lowest BCUT2D eigenvalue weighted by atomic mass is 10.2. The van der Waals surface area contributed by atoms with Gasteiger partial charge in [-0.25, -0.2) is 4.68 Å². The number of unbranched alkanes of at least 4 members (excludes halogenated alkanes) is 1. The summed E-state index contributed by atoms with van der Waals surface area (Å²) < 4.78 is 2.04. The molecule has 1 N–H and O–H groups in total. The monoisotopic (exact) mass is 358 g/mol. The maximum Gasteiger partial charge on any atom is 0.283 e. The highest BCUT2D eigenvalue weighted by atomic mass is 79.9. The van der Waals surface area contributed by atoms with Crippen LogP contribution in [0, 0.1) is 0 Å². The van der Waals surface area contributed by atoms with Crippen LogP contribution in [0.5, 0.6) is 0 Å². The smallest absolute Gasteiger partial charge is 0.283 e. The fourth-order valence-corrected chi connectivity index (χ4v) is 2.33. The van der Waals surface area contributed by atoms with Gasteiger partial charge in [-0.1, -0.05) is 0 Å². The van der Waals surface area contributed by atoms with Crippen LogP contribution < -0.4 is 10.9 Å². The van der Waals surface area contributed by atoms with Crippen LogP contribution in [0.4, 0.5) is 5.69 Å². The Morgan fingerprint density at radius 2 is 2.00 bits per heavy atom. The van der Waals surface area contributed by atoms with Crippen LogP contribution in [0.25, 0.3) is 0 Å². The van der Waals surface area contributed by atoms with Crippen molar-refractivity contribution in [1.29, 1.82) is 0 Å². The number of hydrogen-bond acceptors (Lipinski definition) is 4. The molecule has 1 heterocycles. The van der Waals surface area contributed by atoms with Gasteiger partial charge >= 0.3 is 0 Å². The molecule has 0 aromatic carbocycles. The van der Waals surface area contributed by atoms with Gasteiger partial charge in [0.05, 0.1) is 17.9 Å².